The van der Waals surface area contributed by atoms with E-state index in [9.17, 15) is 19.8 Å². The molecule has 9 nitrogen and oxygen atoms in total. The minimum absolute atomic E-state index is 0.0377. The summed E-state index contributed by atoms with van der Waals surface area (Å²) in [6.07, 6.45) is 2.58. The molecule has 2 aliphatic rings. The van der Waals surface area contributed by atoms with Crippen molar-refractivity contribution in [3.8, 4) is 17.2 Å². The van der Waals surface area contributed by atoms with Crippen LogP contribution < -0.4 is 9.47 Å². The van der Waals surface area contributed by atoms with Gasteiger partial charge in [-0.2, -0.15) is 0 Å². The summed E-state index contributed by atoms with van der Waals surface area (Å²) in [5.74, 6) is 1.00. The van der Waals surface area contributed by atoms with Crippen molar-refractivity contribution in [3.63, 3.8) is 0 Å². The predicted octanol–water partition coefficient (Wildman–Crippen LogP) is 4.86. The fraction of sp³-hybridized carbons (Fsp3) is 0.200. The van der Waals surface area contributed by atoms with E-state index >= 15 is 0 Å². The molecule has 1 aromatic heterocycles. The molecule has 1 saturated heterocycles. The van der Waals surface area contributed by atoms with Gasteiger partial charge in [0.05, 0.1) is 16.6 Å². The largest absolute Gasteiger partial charge is 0.507 e. The number of nitrogens with zero attached hydrogens (tertiary/aromatic N) is 2. The number of nitrogens with one attached hydrogen (secondary N) is 1. The third-order valence-electron chi connectivity index (χ3n) is 7.17. The molecule has 4 aromatic rings. The number of phenols is 1. The standard InChI is InChI=1S/C30H27N3O6/c34-24-10-9-22-28(35)26(39-29(22)23(24)17-32-11-13-33(14-12-32)30(36)37)15-20-16-31-27-21(20)7-4-8-25(27)38-18-19-5-2-1-3-6-19/h1-10,15-16,31,34H,11-14,17-18H2,(H,36,37). The first kappa shape index (κ1) is 24.6. The van der Waals surface area contributed by atoms with Gasteiger partial charge in [-0.25, -0.2) is 4.79 Å². The van der Waals surface area contributed by atoms with Crippen molar-refractivity contribution in [1.82, 2.24) is 14.8 Å². The molecule has 2 aliphatic heterocycles. The lowest BCUT2D eigenvalue weighted by Gasteiger charge is -2.33. The first-order chi connectivity index (χ1) is 19.0. The highest BCUT2D eigenvalue weighted by molar-refractivity contribution is 6.15. The highest BCUT2D eigenvalue weighted by Gasteiger charge is 2.32. The van der Waals surface area contributed by atoms with Gasteiger partial charge < -0.3 is 29.6 Å². The number of carbonyl (C=O) groups excluding carboxylic acids is 1. The number of piperazine rings is 1. The molecule has 0 unspecified atom stereocenters. The second kappa shape index (κ2) is 10.2. The summed E-state index contributed by atoms with van der Waals surface area (Å²) < 4.78 is 12.1. The van der Waals surface area contributed by atoms with Crippen LogP contribution >= 0.6 is 0 Å². The summed E-state index contributed by atoms with van der Waals surface area (Å²) in [6.45, 7) is 2.59. The molecule has 9 heteroatoms. The summed E-state index contributed by atoms with van der Waals surface area (Å²) >= 11 is 0. The van der Waals surface area contributed by atoms with Crippen LogP contribution in [0.2, 0.25) is 0 Å². The van der Waals surface area contributed by atoms with E-state index in [2.05, 4.69) is 4.98 Å². The lowest BCUT2D eigenvalue weighted by atomic mass is 10.0. The van der Waals surface area contributed by atoms with Crippen LogP contribution in [0.4, 0.5) is 4.79 Å². The number of hydrogen-bond acceptors (Lipinski definition) is 6. The van der Waals surface area contributed by atoms with Crippen LogP contribution in [0.25, 0.3) is 17.0 Å². The minimum atomic E-state index is -0.936. The van der Waals surface area contributed by atoms with Gasteiger partial charge in [-0.15, -0.1) is 0 Å². The number of Topliss-reactive ketones (excluding diaryl/α,β-unsaturated/α-hetero) is 1. The second-order valence-corrected chi connectivity index (χ2v) is 9.62. The molecular formula is C30H27N3O6. The normalized spacial score (nSPS) is 16.5. The first-order valence-corrected chi connectivity index (χ1v) is 12.7. The summed E-state index contributed by atoms with van der Waals surface area (Å²) in [7, 11) is 0. The highest BCUT2D eigenvalue weighted by atomic mass is 16.5. The Balaban J connectivity index is 1.23. The fourth-order valence-electron chi connectivity index (χ4n) is 5.04. The van der Waals surface area contributed by atoms with Crippen LogP contribution in [-0.2, 0) is 13.2 Å². The molecular weight excluding hydrogens is 498 g/mol. The van der Waals surface area contributed by atoms with Crippen molar-refractivity contribution >= 4 is 28.9 Å². The summed E-state index contributed by atoms with van der Waals surface area (Å²) in [6, 6.07) is 18.8. The van der Waals surface area contributed by atoms with Crippen LogP contribution in [0.3, 0.4) is 0 Å². The second-order valence-electron chi connectivity index (χ2n) is 9.62. The number of aromatic amines is 1. The summed E-state index contributed by atoms with van der Waals surface area (Å²) in [5.41, 5.74) is 3.58. The van der Waals surface area contributed by atoms with Gasteiger partial charge in [0.15, 0.2) is 5.76 Å². The van der Waals surface area contributed by atoms with Crippen LogP contribution in [0.5, 0.6) is 17.2 Å². The molecule has 3 heterocycles. The van der Waals surface area contributed by atoms with E-state index in [0.29, 0.717) is 62.0 Å². The van der Waals surface area contributed by atoms with E-state index in [1.807, 2.05) is 59.6 Å². The molecule has 0 spiro atoms. The zero-order valence-corrected chi connectivity index (χ0v) is 21.1. The van der Waals surface area contributed by atoms with E-state index in [-0.39, 0.29) is 17.3 Å². The molecule has 3 N–H and O–H groups in total. The number of ketones is 1. The number of benzene rings is 3. The number of para-hydroxylation sites is 1. The number of hydrogen-bond donors (Lipinski definition) is 3. The third kappa shape index (κ3) is 4.80. The van der Waals surface area contributed by atoms with Crippen LogP contribution in [0.1, 0.15) is 27.0 Å². The van der Waals surface area contributed by atoms with E-state index in [1.165, 1.54) is 11.0 Å². The number of aromatic nitrogens is 1. The van der Waals surface area contributed by atoms with Gasteiger partial charge in [0.2, 0.25) is 5.78 Å². The Morgan fingerprint density at radius 1 is 1.03 bits per heavy atom. The first-order valence-electron chi connectivity index (χ1n) is 12.7. The zero-order chi connectivity index (χ0) is 26.9. The van der Waals surface area contributed by atoms with E-state index in [1.54, 1.807) is 12.1 Å². The number of carbonyl (C=O) groups is 2. The van der Waals surface area contributed by atoms with Crippen LogP contribution in [-0.4, -0.2) is 63.1 Å². The average Bonchev–Trinajstić information content (AvgIpc) is 3.51. The number of carboxylic acid groups (broad SMARTS) is 1. The van der Waals surface area contributed by atoms with E-state index < -0.39 is 6.09 Å². The van der Waals surface area contributed by atoms with Gasteiger partial charge in [-0.1, -0.05) is 42.5 Å². The summed E-state index contributed by atoms with van der Waals surface area (Å²) in [4.78, 5) is 31.1. The molecule has 6 rings (SSSR count). The maximum Gasteiger partial charge on any atom is 0.407 e. The number of allylic oxidation sites excluding steroid dienone is 1. The third-order valence-corrected chi connectivity index (χ3v) is 7.17. The quantitative estimate of drug-likeness (QED) is 0.308. The van der Waals surface area contributed by atoms with Gasteiger partial charge in [0.1, 0.15) is 23.9 Å². The molecule has 198 valence electrons. The lowest BCUT2D eigenvalue weighted by molar-refractivity contribution is 0.101. The molecule has 0 bridgehead atoms. The molecule has 0 aliphatic carbocycles. The number of ether oxygens (including phenoxy) is 2. The van der Waals surface area contributed by atoms with Gasteiger partial charge in [-0.3, -0.25) is 9.69 Å². The Morgan fingerprint density at radius 2 is 1.82 bits per heavy atom. The maximum absolute atomic E-state index is 13.3. The number of H-pyrrole nitrogens is 1. The smallest absolute Gasteiger partial charge is 0.407 e. The Morgan fingerprint density at radius 3 is 2.59 bits per heavy atom. The van der Waals surface area contributed by atoms with E-state index in [4.69, 9.17) is 9.47 Å². The molecule has 39 heavy (non-hydrogen) atoms. The summed E-state index contributed by atoms with van der Waals surface area (Å²) in [5, 5.41) is 20.7. The minimum Gasteiger partial charge on any atom is -0.507 e. The molecule has 1 amide bonds. The lowest BCUT2D eigenvalue weighted by Crippen LogP contribution is -2.47. The van der Waals surface area contributed by atoms with Gasteiger partial charge in [0, 0.05) is 49.9 Å². The monoisotopic (exact) mass is 525 g/mol. The predicted molar refractivity (Wildman–Crippen MR) is 145 cm³/mol. The Bertz CT molecular complexity index is 1590. The molecule has 0 saturated carbocycles. The number of fused-ring (bicyclic) bond motifs is 2. The van der Waals surface area contributed by atoms with Crippen molar-refractivity contribution in [1.29, 1.82) is 0 Å². The number of aromatic hydroxyl groups is 1. The number of rotatable bonds is 6. The van der Waals surface area contributed by atoms with Gasteiger partial charge >= 0.3 is 6.09 Å². The molecule has 3 aromatic carbocycles. The molecule has 1 fully saturated rings. The number of phenolic OH excluding ortho intramolecular Hbond substituents is 1. The highest BCUT2D eigenvalue weighted by Crippen LogP contribution is 2.41. The van der Waals surface area contributed by atoms with Crippen molar-refractivity contribution in [2.24, 2.45) is 0 Å². The van der Waals surface area contributed by atoms with Crippen molar-refractivity contribution in [2.45, 2.75) is 13.2 Å². The molecule has 0 radical (unpaired) electrons. The Labute approximate surface area is 224 Å². The Kier molecular flexibility index (Phi) is 6.42. The van der Waals surface area contributed by atoms with Crippen molar-refractivity contribution in [3.05, 3.63) is 94.9 Å². The van der Waals surface area contributed by atoms with Gasteiger partial charge in [0.25, 0.3) is 0 Å². The van der Waals surface area contributed by atoms with Crippen molar-refractivity contribution < 1.29 is 29.3 Å². The molecule has 0 atom stereocenters. The van der Waals surface area contributed by atoms with Gasteiger partial charge in [-0.05, 0) is 29.8 Å². The topological polar surface area (TPSA) is 115 Å². The Hall–Kier alpha value is -4.76. The van der Waals surface area contributed by atoms with Crippen LogP contribution in [0, 0.1) is 0 Å². The maximum atomic E-state index is 13.3. The fourth-order valence-corrected chi connectivity index (χ4v) is 5.04. The van der Waals surface area contributed by atoms with E-state index in [0.717, 1.165) is 22.0 Å². The van der Waals surface area contributed by atoms with Crippen molar-refractivity contribution in [2.75, 3.05) is 26.2 Å². The van der Waals surface area contributed by atoms with Crippen LogP contribution in [0.15, 0.2) is 72.6 Å². The average molecular weight is 526 g/mol. The zero-order valence-electron chi connectivity index (χ0n) is 21.1. The SMILES string of the molecule is O=C1C(=Cc2c[nH]c3c(OCc4ccccc4)cccc23)Oc2c1ccc(O)c2CN1CCN(C(=O)O)CC1. The number of amides is 1.